The number of rotatable bonds is 2. The van der Waals surface area contributed by atoms with E-state index in [1.54, 1.807) is 0 Å². The van der Waals surface area contributed by atoms with Gasteiger partial charge in [-0.2, -0.15) is 0 Å². The van der Waals surface area contributed by atoms with Crippen LogP contribution in [-0.2, 0) is 0 Å². The average Bonchev–Trinajstić information content (AvgIpc) is 2.59. The Hall–Kier alpha value is -0.470. The van der Waals surface area contributed by atoms with Crippen LogP contribution in [0.1, 0.15) is 12.8 Å². The molecule has 84 valence electrons. The number of anilines is 1. The van der Waals surface area contributed by atoms with Crippen LogP contribution in [0.25, 0.3) is 0 Å². The number of allylic oxidation sites excluding steroid dienone is 1. The van der Waals surface area contributed by atoms with E-state index in [-0.39, 0.29) is 0 Å². The second-order valence-corrected chi connectivity index (χ2v) is 5.90. The smallest absolute Gasteiger partial charge is 0.0488 e. The summed E-state index contributed by atoms with van der Waals surface area (Å²) < 4.78 is 1.05. The zero-order valence-corrected chi connectivity index (χ0v) is 11.1. The molecule has 0 radical (unpaired) electrons. The van der Waals surface area contributed by atoms with Gasteiger partial charge in [-0.25, -0.2) is 0 Å². The summed E-state index contributed by atoms with van der Waals surface area (Å²) in [4.78, 5) is 0. The lowest BCUT2D eigenvalue weighted by atomic mass is 9.71. The van der Waals surface area contributed by atoms with Crippen molar-refractivity contribution in [3.8, 4) is 0 Å². The third kappa shape index (κ3) is 1.78. The van der Waals surface area contributed by atoms with E-state index in [9.17, 15) is 0 Å². The standard InChI is InChI=1S/C13H13BrClN/c14-11-7-9(15)4-5-12(11)16-13-6-8-2-1-3-10(8)13/h1,3-5,7-8,10,13,16H,2,6H2. The SMILES string of the molecule is Clc1ccc(NC2CC3CC=CC32)c(Br)c1. The molecule has 0 spiro atoms. The van der Waals surface area contributed by atoms with E-state index in [1.807, 2.05) is 18.2 Å². The van der Waals surface area contributed by atoms with E-state index in [4.69, 9.17) is 11.6 Å². The number of hydrogen-bond acceptors (Lipinski definition) is 1. The van der Waals surface area contributed by atoms with Crippen molar-refractivity contribution in [2.45, 2.75) is 18.9 Å². The zero-order valence-electron chi connectivity index (χ0n) is 8.79. The molecule has 0 aromatic heterocycles. The van der Waals surface area contributed by atoms with E-state index >= 15 is 0 Å². The van der Waals surface area contributed by atoms with Crippen LogP contribution >= 0.6 is 27.5 Å². The zero-order chi connectivity index (χ0) is 11.1. The topological polar surface area (TPSA) is 12.0 Å². The van der Waals surface area contributed by atoms with Crippen molar-refractivity contribution in [3.05, 3.63) is 39.8 Å². The Morgan fingerprint density at radius 1 is 1.38 bits per heavy atom. The minimum atomic E-state index is 0.598. The molecule has 2 aliphatic carbocycles. The largest absolute Gasteiger partial charge is 0.381 e. The maximum Gasteiger partial charge on any atom is 0.0488 e. The second-order valence-electron chi connectivity index (χ2n) is 4.61. The maximum atomic E-state index is 5.92. The Kier molecular flexibility index (Phi) is 2.72. The Morgan fingerprint density at radius 2 is 2.25 bits per heavy atom. The van der Waals surface area contributed by atoms with Gasteiger partial charge in [0.05, 0.1) is 0 Å². The molecule has 3 unspecified atom stereocenters. The van der Waals surface area contributed by atoms with E-state index in [0.29, 0.717) is 6.04 Å². The fourth-order valence-corrected chi connectivity index (χ4v) is 3.49. The normalized spacial score (nSPS) is 31.0. The van der Waals surface area contributed by atoms with Crippen molar-refractivity contribution in [3.63, 3.8) is 0 Å². The molecule has 1 aromatic carbocycles. The summed E-state index contributed by atoms with van der Waals surface area (Å²) in [5, 5.41) is 4.36. The highest BCUT2D eigenvalue weighted by atomic mass is 79.9. The van der Waals surface area contributed by atoms with Gasteiger partial charge in [-0.15, -0.1) is 0 Å². The highest BCUT2D eigenvalue weighted by Gasteiger charge is 2.40. The molecule has 2 aliphatic rings. The fourth-order valence-electron chi connectivity index (χ4n) is 2.69. The number of benzene rings is 1. The maximum absolute atomic E-state index is 5.92. The molecule has 0 saturated heterocycles. The fraction of sp³-hybridized carbons (Fsp3) is 0.385. The Morgan fingerprint density at radius 3 is 3.00 bits per heavy atom. The number of hydrogen-bond donors (Lipinski definition) is 1. The predicted molar refractivity (Wildman–Crippen MR) is 71.9 cm³/mol. The van der Waals surface area contributed by atoms with Crippen LogP contribution < -0.4 is 5.32 Å². The summed E-state index contributed by atoms with van der Waals surface area (Å²) in [7, 11) is 0. The summed E-state index contributed by atoms with van der Waals surface area (Å²) in [6, 6.07) is 6.50. The van der Waals surface area contributed by atoms with Gasteiger partial charge >= 0.3 is 0 Å². The molecule has 0 heterocycles. The van der Waals surface area contributed by atoms with Crippen LogP contribution in [0.2, 0.25) is 5.02 Å². The first-order chi connectivity index (χ1) is 7.74. The van der Waals surface area contributed by atoms with Gasteiger partial charge in [0.25, 0.3) is 0 Å². The minimum Gasteiger partial charge on any atom is -0.381 e. The van der Waals surface area contributed by atoms with Crippen LogP contribution in [-0.4, -0.2) is 6.04 Å². The van der Waals surface area contributed by atoms with Crippen molar-refractivity contribution in [1.29, 1.82) is 0 Å². The molecular formula is C13H13BrClN. The van der Waals surface area contributed by atoms with Gasteiger partial charge in [0.2, 0.25) is 0 Å². The Balaban J connectivity index is 1.73. The van der Waals surface area contributed by atoms with Gasteiger partial charge < -0.3 is 5.32 Å². The van der Waals surface area contributed by atoms with Crippen LogP contribution in [0.5, 0.6) is 0 Å². The van der Waals surface area contributed by atoms with E-state index < -0.39 is 0 Å². The van der Waals surface area contributed by atoms with Crippen molar-refractivity contribution < 1.29 is 0 Å². The highest BCUT2D eigenvalue weighted by molar-refractivity contribution is 9.10. The van der Waals surface area contributed by atoms with E-state index in [1.165, 1.54) is 12.8 Å². The average molecular weight is 299 g/mol. The van der Waals surface area contributed by atoms with Gasteiger partial charge in [-0.3, -0.25) is 0 Å². The van der Waals surface area contributed by atoms with Crippen molar-refractivity contribution in [1.82, 2.24) is 0 Å². The van der Waals surface area contributed by atoms with Crippen molar-refractivity contribution >= 4 is 33.2 Å². The summed E-state index contributed by atoms with van der Waals surface area (Å²) in [5.74, 6) is 1.63. The van der Waals surface area contributed by atoms with Gasteiger partial charge in [0.15, 0.2) is 0 Å². The van der Waals surface area contributed by atoms with Gasteiger partial charge in [0.1, 0.15) is 0 Å². The quantitative estimate of drug-likeness (QED) is 0.794. The lowest BCUT2D eigenvalue weighted by Crippen LogP contribution is -2.43. The minimum absolute atomic E-state index is 0.598. The molecule has 0 amide bonds. The van der Waals surface area contributed by atoms with E-state index in [2.05, 4.69) is 33.4 Å². The lowest BCUT2D eigenvalue weighted by molar-refractivity contribution is 0.218. The molecule has 16 heavy (non-hydrogen) atoms. The third-order valence-corrected chi connectivity index (χ3v) is 4.53. The molecule has 0 bridgehead atoms. The Labute approximate surface area is 109 Å². The third-order valence-electron chi connectivity index (χ3n) is 3.63. The molecular weight excluding hydrogens is 286 g/mol. The molecule has 1 aromatic rings. The van der Waals surface area contributed by atoms with Gasteiger partial charge in [0, 0.05) is 27.1 Å². The van der Waals surface area contributed by atoms with Crippen LogP contribution in [0, 0.1) is 11.8 Å². The number of fused-ring (bicyclic) bond motifs is 1. The van der Waals surface area contributed by atoms with Crippen LogP contribution in [0.4, 0.5) is 5.69 Å². The molecule has 1 saturated carbocycles. The number of nitrogens with one attached hydrogen (secondary N) is 1. The van der Waals surface area contributed by atoms with E-state index in [0.717, 1.165) is 27.0 Å². The van der Waals surface area contributed by atoms with Crippen molar-refractivity contribution in [2.24, 2.45) is 11.8 Å². The molecule has 1 N–H and O–H groups in total. The molecule has 3 rings (SSSR count). The molecule has 1 fully saturated rings. The summed E-state index contributed by atoms with van der Waals surface area (Å²) >= 11 is 9.46. The van der Waals surface area contributed by atoms with Crippen LogP contribution in [0.15, 0.2) is 34.8 Å². The monoisotopic (exact) mass is 297 g/mol. The Bertz CT molecular complexity index is 444. The molecule has 1 nitrogen and oxygen atoms in total. The lowest BCUT2D eigenvalue weighted by Gasteiger charge is -2.41. The summed E-state index contributed by atoms with van der Waals surface area (Å²) in [6.07, 6.45) is 7.22. The summed E-state index contributed by atoms with van der Waals surface area (Å²) in [5.41, 5.74) is 1.15. The first-order valence-corrected chi connectivity index (χ1v) is 6.79. The highest BCUT2D eigenvalue weighted by Crippen LogP contribution is 2.44. The second kappa shape index (κ2) is 4.08. The van der Waals surface area contributed by atoms with Crippen LogP contribution in [0.3, 0.4) is 0 Å². The number of halogens is 2. The van der Waals surface area contributed by atoms with Gasteiger partial charge in [-0.05, 0) is 52.9 Å². The first kappa shape index (κ1) is 10.7. The first-order valence-electron chi connectivity index (χ1n) is 5.62. The molecule has 3 heteroatoms. The predicted octanol–water partition coefficient (Wildman–Crippen LogP) is 4.48. The van der Waals surface area contributed by atoms with Crippen molar-refractivity contribution in [2.75, 3.05) is 5.32 Å². The van der Waals surface area contributed by atoms with Gasteiger partial charge in [-0.1, -0.05) is 23.8 Å². The molecule has 0 aliphatic heterocycles. The summed E-state index contributed by atoms with van der Waals surface area (Å²) in [6.45, 7) is 0. The molecule has 3 atom stereocenters.